The Morgan fingerprint density at radius 1 is 1.00 bits per heavy atom. The zero-order valence-corrected chi connectivity index (χ0v) is 12.2. The van der Waals surface area contributed by atoms with Gasteiger partial charge in [-0.25, -0.2) is 0 Å². The Morgan fingerprint density at radius 3 is 2.20 bits per heavy atom. The average Bonchev–Trinajstić information content (AvgIpc) is 2.46. The number of Topliss-reactive ketones (excluding diaryl/α,β-unsaturated/α-hetero) is 1. The van der Waals surface area contributed by atoms with Gasteiger partial charge in [-0.3, -0.25) is 4.79 Å². The van der Waals surface area contributed by atoms with Crippen LogP contribution >= 0.6 is 0 Å². The standard InChI is InChI=1S/C16H25F3O/c1-2-11-6-8-12(9-7-11)15(20)13-4-3-5-14(10-13)16(17,18)19/h11-14H,2-10H2,1H3. The molecule has 2 aliphatic carbocycles. The first kappa shape index (κ1) is 15.8. The number of hydrogen-bond acceptors (Lipinski definition) is 1. The SMILES string of the molecule is CCC1CCC(C(=O)C2CCCC(C(F)(F)F)C2)CC1. The van der Waals surface area contributed by atoms with Crippen LogP contribution in [-0.2, 0) is 4.79 Å². The van der Waals surface area contributed by atoms with Crippen molar-refractivity contribution >= 4 is 5.78 Å². The van der Waals surface area contributed by atoms with Gasteiger partial charge in [-0.05, 0) is 50.9 Å². The van der Waals surface area contributed by atoms with E-state index in [-0.39, 0.29) is 30.5 Å². The van der Waals surface area contributed by atoms with E-state index in [1.165, 1.54) is 0 Å². The van der Waals surface area contributed by atoms with Crippen LogP contribution in [0.15, 0.2) is 0 Å². The van der Waals surface area contributed by atoms with Gasteiger partial charge in [0.15, 0.2) is 0 Å². The van der Waals surface area contributed by atoms with E-state index in [1.54, 1.807) is 0 Å². The summed E-state index contributed by atoms with van der Waals surface area (Å²) < 4.78 is 38.4. The van der Waals surface area contributed by atoms with Gasteiger partial charge in [0.1, 0.15) is 5.78 Å². The number of ketones is 1. The quantitative estimate of drug-likeness (QED) is 0.703. The molecule has 20 heavy (non-hydrogen) atoms. The topological polar surface area (TPSA) is 17.1 Å². The molecule has 0 saturated heterocycles. The lowest BCUT2D eigenvalue weighted by molar-refractivity contribution is -0.186. The van der Waals surface area contributed by atoms with Crippen molar-refractivity contribution in [2.24, 2.45) is 23.7 Å². The van der Waals surface area contributed by atoms with E-state index in [9.17, 15) is 18.0 Å². The van der Waals surface area contributed by atoms with E-state index in [4.69, 9.17) is 0 Å². The van der Waals surface area contributed by atoms with Crippen molar-refractivity contribution in [2.45, 2.75) is 70.9 Å². The minimum atomic E-state index is -4.13. The lowest BCUT2D eigenvalue weighted by atomic mass is 9.71. The molecule has 0 spiro atoms. The fourth-order valence-corrected chi connectivity index (χ4v) is 3.93. The molecule has 2 unspecified atom stereocenters. The number of carbonyl (C=O) groups excluding carboxylic acids is 1. The summed E-state index contributed by atoms with van der Waals surface area (Å²) in [7, 11) is 0. The Balaban J connectivity index is 1.89. The van der Waals surface area contributed by atoms with Crippen LogP contribution in [0, 0.1) is 23.7 Å². The van der Waals surface area contributed by atoms with Crippen LogP contribution in [0.25, 0.3) is 0 Å². The molecule has 0 aliphatic heterocycles. The second-order valence-electron chi connectivity index (χ2n) is 6.63. The van der Waals surface area contributed by atoms with Crippen molar-refractivity contribution in [1.29, 1.82) is 0 Å². The Bertz CT molecular complexity index is 329. The zero-order valence-electron chi connectivity index (χ0n) is 12.2. The summed E-state index contributed by atoms with van der Waals surface area (Å²) in [6.07, 6.45) is 2.41. The first-order valence-electron chi connectivity index (χ1n) is 8.02. The summed E-state index contributed by atoms with van der Waals surface area (Å²) in [4.78, 5) is 12.5. The molecule has 2 saturated carbocycles. The summed E-state index contributed by atoms with van der Waals surface area (Å²) >= 11 is 0. The highest BCUT2D eigenvalue weighted by atomic mass is 19.4. The maximum Gasteiger partial charge on any atom is 0.391 e. The molecule has 116 valence electrons. The fraction of sp³-hybridized carbons (Fsp3) is 0.938. The Morgan fingerprint density at radius 2 is 1.65 bits per heavy atom. The Kier molecular flexibility index (Phi) is 5.14. The molecule has 0 aromatic heterocycles. The molecule has 4 heteroatoms. The molecule has 2 rings (SSSR count). The van der Waals surface area contributed by atoms with Gasteiger partial charge in [-0.15, -0.1) is 0 Å². The van der Waals surface area contributed by atoms with Crippen LogP contribution in [0.4, 0.5) is 13.2 Å². The molecule has 0 amide bonds. The first-order chi connectivity index (χ1) is 9.41. The van der Waals surface area contributed by atoms with E-state index in [0.29, 0.717) is 18.8 Å². The summed E-state index contributed by atoms with van der Waals surface area (Å²) in [5.74, 6) is -0.702. The van der Waals surface area contributed by atoms with E-state index >= 15 is 0 Å². The predicted octanol–water partition coefficient (Wildman–Crippen LogP) is 5.14. The van der Waals surface area contributed by atoms with Crippen LogP contribution in [-0.4, -0.2) is 12.0 Å². The lowest BCUT2D eigenvalue weighted by Crippen LogP contribution is -2.35. The van der Waals surface area contributed by atoms with E-state index in [0.717, 1.165) is 32.1 Å². The van der Waals surface area contributed by atoms with Gasteiger partial charge in [0, 0.05) is 11.8 Å². The summed E-state index contributed by atoms with van der Waals surface area (Å²) in [5.41, 5.74) is 0. The average molecular weight is 290 g/mol. The largest absolute Gasteiger partial charge is 0.391 e. The minimum absolute atomic E-state index is 0.0368. The van der Waals surface area contributed by atoms with Gasteiger partial charge in [0.25, 0.3) is 0 Å². The Labute approximate surface area is 119 Å². The van der Waals surface area contributed by atoms with Crippen LogP contribution in [0.5, 0.6) is 0 Å². The third kappa shape index (κ3) is 3.76. The first-order valence-corrected chi connectivity index (χ1v) is 8.02. The van der Waals surface area contributed by atoms with Crippen molar-refractivity contribution in [3.63, 3.8) is 0 Å². The van der Waals surface area contributed by atoms with Crippen molar-refractivity contribution < 1.29 is 18.0 Å². The number of halogens is 3. The van der Waals surface area contributed by atoms with Gasteiger partial charge >= 0.3 is 6.18 Å². The van der Waals surface area contributed by atoms with Crippen molar-refractivity contribution in [1.82, 2.24) is 0 Å². The molecule has 0 aromatic carbocycles. The number of rotatable bonds is 3. The molecule has 0 heterocycles. The molecule has 2 fully saturated rings. The molecular weight excluding hydrogens is 265 g/mol. The second-order valence-corrected chi connectivity index (χ2v) is 6.63. The van der Waals surface area contributed by atoms with E-state index in [1.807, 2.05) is 0 Å². The third-order valence-electron chi connectivity index (χ3n) is 5.37. The highest BCUT2D eigenvalue weighted by Gasteiger charge is 2.44. The maximum absolute atomic E-state index is 12.8. The van der Waals surface area contributed by atoms with E-state index in [2.05, 4.69) is 6.92 Å². The molecule has 2 atom stereocenters. The number of carbonyl (C=O) groups is 1. The number of alkyl halides is 3. The van der Waals surface area contributed by atoms with Gasteiger partial charge in [0.2, 0.25) is 0 Å². The third-order valence-corrected chi connectivity index (χ3v) is 5.37. The summed E-state index contributed by atoms with van der Waals surface area (Å²) in [5, 5.41) is 0. The highest BCUT2D eigenvalue weighted by Crippen LogP contribution is 2.42. The molecule has 0 aromatic rings. The molecule has 0 N–H and O–H groups in total. The van der Waals surface area contributed by atoms with Crippen LogP contribution < -0.4 is 0 Å². The summed E-state index contributed by atoms with van der Waals surface area (Å²) in [6.45, 7) is 2.17. The van der Waals surface area contributed by atoms with E-state index < -0.39 is 12.1 Å². The lowest BCUT2D eigenvalue weighted by Gasteiger charge is -2.34. The van der Waals surface area contributed by atoms with Gasteiger partial charge in [0.05, 0.1) is 5.92 Å². The molecular formula is C16H25F3O. The fourth-order valence-electron chi connectivity index (χ4n) is 3.93. The van der Waals surface area contributed by atoms with Gasteiger partial charge < -0.3 is 0 Å². The highest BCUT2D eigenvalue weighted by molar-refractivity contribution is 5.83. The maximum atomic E-state index is 12.8. The van der Waals surface area contributed by atoms with Crippen LogP contribution in [0.1, 0.15) is 64.7 Å². The van der Waals surface area contributed by atoms with Gasteiger partial charge in [-0.2, -0.15) is 13.2 Å². The van der Waals surface area contributed by atoms with Crippen LogP contribution in [0.2, 0.25) is 0 Å². The monoisotopic (exact) mass is 290 g/mol. The van der Waals surface area contributed by atoms with Gasteiger partial charge in [-0.1, -0.05) is 19.8 Å². The normalized spacial score (nSPS) is 35.8. The van der Waals surface area contributed by atoms with Crippen molar-refractivity contribution in [3.8, 4) is 0 Å². The smallest absolute Gasteiger partial charge is 0.299 e. The van der Waals surface area contributed by atoms with Crippen molar-refractivity contribution in [2.75, 3.05) is 0 Å². The molecule has 1 nitrogen and oxygen atoms in total. The second kappa shape index (κ2) is 6.48. The Hall–Kier alpha value is -0.540. The van der Waals surface area contributed by atoms with Crippen LogP contribution in [0.3, 0.4) is 0 Å². The predicted molar refractivity (Wildman–Crippen MR) is 72.2 cm³/mol. The number of hydrogen-bond donors (Lipinski definition) is 0. The van der Waals surface area contributed by atoms with Crippen molar-refractivity contribution in [3.05, 3.63) is 0 Å². The molecule has 0 bridgehead atoms. The summed E-state index contributed by atoms with van der Waals surface area (Å²) in [6, 6.07) is 0. The zero-order chi connectivity index (χ0) is 14.8. The minimum Gasteiger partial charge on any atom is -0.299 e. The molecule has 2 aliphatic rings. The molecule has 0 radical (unpaired) electrons.